The van der Waals surface area contributed by atoms with Crippen LogP contribution in [0.3, 0.4) is 0 Å². The van der Waals surface area contributed by atoms with E-state index in [1.54, 1.807) is 32.2 Å². The Morgan fingerprint density at radius 1 is 1.14 bits per heavy atom. The number of likely N-dealkylation sites (N-methyl/N-ethyl adjacent to an activating group) is 1. The summed E-state index contributed by atoms with van der Waals surface area (Å²) in [6.45, 7) is 3.64. The number of rotatable bonds is 6. The lowest BCUT2D eigenvalue weighted by molar-refractivity contribution is -0.132. The van der Waals surface area contributed by atoms with Crippen LogP contribution in [0.25, 0.3) is 11.0 Å². The Hall–Kier alpha value is -3.35. The zero-order valence-corrected chi connectivity index (χ0v) is 16.7. The molecule has 152 valence electrons. The van der Waals surface area contributed by atoms with Gasteiger partial charge in [-0.15, -0.1) is 0 Å². The number of hydrogen-bond acceptors (Lipinski definition) is 5. The normalized spacial score (nSPS) is 10.8. The maximum atomic E-state index is 13.8. The minimum absolute atomic E-state index is 0.153. The molecule has 0 saturated carbocycles. The number of carbonyl (C=O) groups is 1. The van der Waals surface area contributed by atoms with Gasteiger partial charge in [0.15, 0.2) is 18.2 Å². The average Bonchev–Trinajstić information content (AvgIpc) is 2.67. The molecular formula is C22H22FNO5. The molecule has 1 heterocycles. The van der Waals surface area contributed by atoms with E-state index in [4.69, 9.17) is 13.9 Å². The maximum Gasteiger partial charge on any atom is 0.336 e. The molecule has 0 saturated heterocycles. The van der Waals surface area contributed by atoms with Gasteiger partial charge in [0, 0.05) is 30.6 Å². The standard InChI is InChI=1S/C22H22FNO5/c1-13-9-21(26)29-22-14(2)18(8-6-16(13)22)28-12-20(25)24(3)11-15-5-7-19(27-4)17(23)10-15/h5-10H,11-12H2,1-4H3. The summed E-state index contributed by atoms with van der Waals surface area (Å²) in [7, 11) is 3.01. The minimum atomic E-state index is -0.481. The molecule has 0 aliphatic heterocycles. The Kier molecular flexibility index (Phi) is 5.87. The lowest BCUT2D eigenvalue weighted by Gasteiger charge is -2.18. The number of carbonyl (C=O) groups excluding carboxylic acids is 1. The molecule has 0 fully saturated rings. The molecule has 7 heteroatoms. The summed E-state index contributed by atoms with van der Waals surface area (Å²) in [6, 6.07) is 9.53. The Labute approximate surface area is 167 Å². The van der Waals surface area contributed by atoms with Gasteiger partial charge in [-0.05, 0) is 49.2 Å². The first kappa shape index (κ1) is 20.4. The zero-order chi connectivity index (χ0) is 21.1. The van der Waals surface area contributed by atoms with Crippen LogP contribution in [0.4, 0.5) is 4.39 Å². The van der Waals surface area contributed by atoms with E-state index in [-0.39, 0.29) is 24.8 Å². The van der Waals surface area contributed by atoms with Crippen molar-refractivity contribution < 1.29 is 23.1 Å². The van der Waals surface area contributed by atoms with Gasteiger partial charge in [0.1, 0.15) is 11.3 Å². The molecule has 0 spiro atoms. The van der Waals surface area contributed by atoms with Crippen molar-refractivity contribution >= 4 is 16.9 Å². The molecule has 29 heavy (non-hydrogen) atoms. The molecule has 0 radical (unpaired) electrons. The van der Waals surface area contributed by atoms with Crippen molar-refractivity contribution in [3.63, 3.8) is 0 Å². The van der Waals surface area contributed by atoms with Gasteiger partial charge in [-0.2, -0.15) is 0 Å². The van der Waals surface area contributed by atoms with Gasteiger partial charge in [-0.3, -0.25) is 4.79 Å². The molecule has 3 rings (SSSR count). The van der Waals surface area contributed by atoms with Gasteiger partial charge in [0.2, 0.25) is 0 Å². The lowest BCUT2D eigenvalue weighted by atomic mass is 10.1. The van der Waals surface area contributed by atoms with Crippen molar-refractivity contribution in [1.29, 1.82) is 0 Å². The van der Waals surface area contributed by atoms with E-state index in [0.29, 0.717) is 22.5 Å². The van der Waals surface area contributed by atoms with Crippen LogP contribution >= 0.6 is 0 Å². The Morgan fingerprint density at radius 2 is 1.86 bits per heavy atom. The largest absolute Gasteiger partial charge is 0.494 e. The number of nitrogens with zero attached hydrogens (tertiary/aromatic N) is 1. The first-order valence-corrected chi connectivity index (χ1v) is 9.03. The number of amides is 1. The fraction of sp³-hybridized carbons (Fsp3) is 0.273. The molecule has 2 aromatic carbocycles. The number of aryl methyl sites for hydroxylation is 2. The predicted octanol–water partition coefficient (Wildman–Crippen LogP) is 3.59. The lowest BCUT2D eigenvalue weighted by Crippen LogP contribution is -2.31. The van der Waals surface area contributed by atoms with Gasteiger partial charge in [0.25, 0.3) is 5.91 Å². The predicted molar refractivity (Wildman–Crippen MR) is 107 cm³/mol. The number of ether oxygens (including phenoxy) is 2. The molecule has 0 bridgehead atoms. The number of fused-ring (bicyclic) bond motifs is 1. The molecule has 6 nitrogen and oxygen atoms in total. The summed E-state index contributed by atoms with van der Waals surface area (Å²) < 4.78 is 29.7. The highest BCUT2D eigenvalue weighted by atomic mass is 19.1. The summed E-state index contributed by atoms with van der Waals surface area (Å²) in [4.78, 5) is 25.5. The highest BCUT2D eigenvalue weighted by molar-refractivity contribution is 5.85. The summed E-state index contributed by atoms with van der Waals surface area (Å²) in [5.74, 6) is -0.139. The van der Waals surface area contributed by atoms with E-state index in [1.165, 1.54) is 30.2 Å². The summed E-state index contributed by atoms with van der Waals surface area (Å²) >= 11 is 0. The van der Waals surface area contributed by atoms with Crippen LogP contribution in [0.2, 0.25) is 0 Å². The first-order chi connectivity index (χ1) is 13.8. The van der Waals surface area contributed by atoms with Crippen LogP contribution in [0, 0.1) is 19.7 Å². The third-order valence-corrected chi connectivity index (χ3v) is 4.73. The van der Waals surface area contributed by atoms with Crippen molar-refractivity contribution in [3.8, 4) is 11.5 Å². The van der Waals surface area contributed by atoms with E-state index >= 15 is 0 Å². The fourth-order valence-electron chi connectivity index (χ4n) is 3.08. The topological polar surface area (TPSA) is 69.0 Å². The maximum absolute atomic E-state index is 13.8. The van der Waals surface area contributed by atoms with Crippen molar-refractivity contribution in [2.75, 3.05) is 20.8 Å². The van der Waals surface area contributed by atoms with Crippen LogP contribution in [0.1, 0.15) is 16.7 Å². The smallest absolute Gasteiger partial charge is 0.336 e. The summed E-state index contributed by atoms with van der Waals surface area (Å²) in [6.07, 6.45) is 0. The minimum Gasteiger partial charge on any atom is -0.494 e. The molecule has 1 amide bonds. The van der Waals surface area contributed by atoms with Crippen molar-refractivity contribution in [2.45, 2.75) is 20.4 Å². The molecular weight excluding hydrogens is 377 g/mol. The highest BCUT2D eigenvalue weighted by Crippen LogP contribution is 2.28. The monoisotopic (exact) mass is 399 g/mol. The van der Waals surface area contributed by atoms with Crippen LogP contribution in [0.5, 0.6) is 11.5 Å². The quantitative estimate of drug-likeness (QED) is 0.593. The first-order valence-electron chi connectivity index (χ1n) is 9.03. The van der Waals surface area contributed by atoms with Crippen molar-refractivity contribution in [1.82, 2.24) is 4.90 Å². The van der Waals surface area contributed by atoms with E-state index < -0.39 is 11.4 Å². The van der Waals surface area contributed by atoms with Crippen molar-refractivity contribution in [3.05, 3.63) is 69.3 Å². The van der Waals surface area contributed by atoms with Crippen LogP contribution in [-0.4, -0.2) is 31.6 Å². The Balaban J connectivity index is 1.69. The number of methoxy groups -OCH3 is 1. The number of halogens is 1. The third-order valence-electron chi connectivity index (χ3n) is 4.73. The molecule has 1 aromatic heterocycles. The van der Waals surface area contributed by atoms with Crippen LogP contribution < -0.4 is 15.1 Å². The van der Waals surface area contributed by atoms with E-state index in [0.717, 1.165) is 10.9 Å². The average molecular weight is 399 g/mol. The second-order valence-electron chi connectivity index (χ2n) is 6.82. The summed E-state index contributed by atoms with van der Waals surface area (Å²) in [5, 5.41) is 0.819. The molecule has 0 unspecified atom stereocenters. The fourth-order valence-corrected chi connectivity index (χ4v) is 3.08. The molecule has 0 atom stereocenters. The highest BCUT2D eigenvalue weighted by Gasteiger charge is 2.15. The molecule has 0 N–H and O–H groups in total. The van der Waals surface area contributed by atoms with Crippen molar-refractivity contribution in [2.24, 2.45) is 0 Å². The van der Waals surface area contributed by atoms with Crippen LogP contribution in [-0.2, 0) is 11.3 Å². The van der Waals surface area contributed by atoms with E-state index in [1.807, 2.05) is 6.92 Å². The zero-order valence-electron chi connectivity index (χ0n) is 16.7. The van der Waals surface area contributed by atoms with Gasteiger partial charge in [0.05, 0.1) is 7.11 Å². The SMILES string of the molecule is COc1ccc(CN(C)C(=O)COc2ccc3c(C)cc(=O)oc3c2C)cc1F. The second-order valence-corrected chi connectivity index (χ2v) is 6.82. The Morgan fingerprint density at radius 3 is 2.55 bits per heavy atom. The molecule has 3 aromatic rings. The second kappa shape index (κ2) is 8.34. The van der Waals surface area contributed by atoms with E-state index in [2.05, 4.69) is 0 Å². The van der Waals surface area contributed by atoms with E-state index in [9.17, 15) is 14.0 Å². The molecule has 0 aliphatic rings. The van der Waals surface area contributed by atoms with Crippen LogP contribution in [0.15, 0.2) is 45.6 Å². The molecule has 0 aliphatic carbocycles. The van der Waals surface area contributed by atoms with Gasteiger partial charge < -0.3 is 18.8 Å². The third kappa shape index (κ3) is 4.39. The van der Waals surface area contributed by atoms with Gasteiger partial charge in [-0.1, -0.05) is 6.07 Å². The Bertz CT molecular complexity index is 1120. The summed E-state index contributed by atoms with van der Waals surface area (Å²) in [5.41, 5.74) is 2.11. The number of benzene rings is 2. The van der Waals surface area contributed by atoms with Gasteiger partial charge >= 0.3 is 5.63 Å². The van der Waals surface area contributed by atoms with Gasteiger partial charge in [-0.25, -0.2) is 9.18 Å². The number of hydrogen-bond donors (Lipinski definition) is 0.